The first-order valence-electron chi connectivity index (χ1n) is 11.5. The number of morpholine rings is 1. The van der Waals surface area contributed by atoms with Gasteiger partial charge in [0.15, 0.2) is 11.7 Å². The number of aromatic nitrogens is 2. The molecule has 0 radical (unpaired) electrons. The van der Waals surface area contributed by atoms with Gasteiger partial charge in [-0.05, 0) is 38.0 Å². The third kappa shape index (κ3) is 5.72. The molecule has 0 bridgehead atoms. The number of hydrazine groups is 1. The van der Waals surface area contributed by atoms with Crippen molar-refractivity contribution in [2.24, 2.45) is 0 Å². The maximum atomic E-state index is 13.0. The predicted octanol–water partition coefficient (Wildman–Crippen LogP) is 2.83. The van der Waals surface area contributed by atoms with E-state index in [2.05, 4.69) is 26.8 Å². The zero-order valence-electron chi connectivity index (χ0n) is 20.0. The number of hydrogen-bond acceptors (Lipinski definition) is 9. The Morgan fingerprint density at radius 1 is 1.20 bits per heavy atom. The molecule has 2 aliphatic rings. The smallest absolute Gasteiger partial charge is 0.258 e. The summed E-state index contributed by atoms with van der Waals surface area (Å²) < 4.78 is 16.9. The summed E-state index contributed by atoms with van der Waals surface area (Å²) >= 11 is 6.69. The van der Waals surface area contributed by atoms with Gasteiger partial charge in [0.25, 0.3) is 5.91 Å². The fraction of sp³-hybridized carbons (Fsp3) is 0.500. The van der Waals surface area contributed by atoms with Gasteiger partial charge in [0.1, 0.15) is 11.6 Å². The molecule has 2 saturated heterocycles. The van der Waals surface area contributed by atoms with Crippen LogP contribution in [-0.4, -0.2) is 60.4 Å². The molecule has 35 heavy (non-hydrogen) atoms. The quantitative estimate of drug-likeness (QED) is 0.552. The van der Waals surface area contributed by atoms with Gasteiger partial charge in [-0.15, -0.1) is 11.6 Å². The van der Waals surface area contributed by atoms with Crippen LogP contribution in [0, 0.1) is 25.2 Å². The molecule has 1 aromatic carbocycles. The second-order valence-electron chi connectivity index (χ2n) is 8.43. The average Bonchev–Trinajstić information content (AvgIpc) is 3.38. The average molecular weight is 501 g/mol. The van der Waals surface area contributed by atoms with Crippen molar-refractivity contribution >= 4 is 23.3 Å². The molecule has 10 nitrogen and oxygen atoms in total. The van der Waals surface area contributed by atoms with Crippen molar-refractivity contribution in [2.45, 2.75) is 38.5 Å². The van der Waals surface area contributed by atoms with E-state index in [1.807, 2.05) is 26.0 Å². The molecular weight excluding hydrogens is 472 g/mol. The number of rotatable bonds is 7. The molecule has 2 fully saturated rings. The van der Waals surface area contributed by atoms with Crippen LogP contribution in [0.3, 0.4) is 0 Å². The van der Waals surface area contributed by atoms with Crippen LogP contribution in [0.4, 0.5) is 5.82 Å². The number of amides is 1. The van der Waals surface area contributed by atoms with Crippen LogP contribution in [0.1, 0.15) is 58.4 Å². The van der Waals surface area contributed by atoms with Gasteiger partial charge < -0.3 is 19.5 Å². The number of halogens is 1. The highest BCUT2D eigenvalue weighted by Crippen LogP contribution is 2.37. The van der Waals surface area contributed by atoms with E-state index in [9.17, 15) is 10.1 Å². The molecular formula is C24H29ClN6O4. The Balaban J connectivity index is 1.67. The standard InChI is InChI=1S/C24H29ClN6O4/c1-14-17(13-26)5-4-6-18(14)15(2)27-22-19(24-34-11-12-35-24)21(28-16(3)29-22)20(25)23(32)30-31-7-9-33-10-8-31/h4-6,15,20,24H,7-12H2,1-3H3,(H,30,32)(H,27,28,29)/t15-,20?/m1/s1. The summed E-state index contributed by atoms with van der Waals surface area (Å²) in [7, 11) is 0. The first-order valence-corrected chi connectivity index (χ1v) is 12.0. The number of alkyl halides is 1. The number of carbonyl (C=O) groups excluding carboxylic acids is 1. The minimum Gasteiger partial charge on any atom is -0.379 e. The third-order valence-corrected chi connectivity index (χ3v) is 6.41. The molecule has 4 rings (SSSR count). The Bertz CT molecular complexity index is 1110. The molecule has 1 unspecified atom stereocenters. The van der Waals surface area contributed by atoms with Crippen molar-refractivity contribution < 1.29 is 19.0 Å². The molecule has 2 N–H and O–H groups in total. The van der Waals surface area contributed by atoms with E-state index in [1.54, 1.807) is 18.0 Å². The molecule has 0 aliphatic carbocycles. The lowest BCUT2D eigenvalue weighted by atomic mass is 9.98. The molecule has 11 heteroatoms. The maximum Gasteiger partial charge on any atom is 0.258 e. The Labute approximate surface area is 209 Å². The van der Waals surface area contributed by atoms with Crippen LogP contribution in [-0.2, 0) is 19.0 Å². The summed E-state index contributed by atoms with van der Waals surface area (Å²) in [6, 6.07) is 7.62. The van der Waals surface area contributed by atoms with Crippen molar-refractivity contribution in [3.05, 3.63) is 52.0 Å². The fourth-order valence-electron chi connectivity index (χ4n) is 4.20. The summed E-state index contributed by atoms with van der Waals surface area (Å²) in [6.45, 7) is 8.66. The molecule has 0 spiro atoms. The zero-order chi connectivity index (χ0) is 24.9. The SMILES string of the molecule is Cc1nc(N[C@H](C)c2cccc(C#N)c2C)c(C2OCCO2)c(C(Cl)C(=O)NN2CCOCC2)n1. The van der Waals surface area contributed by atoms with Crippen molar-refractivity contribution in [3.8, 4) is 6.07 Å². The van der Waals surface area contributed by atoms with E-state index >= 15 is 0 Å². The highest BCUT2D eigenvalue weighted by Gasteiger charge is 2.34. The van der Waals surface area contributed by atoms with Gasteiger partial charge in [-0.2, -0.15) is 5.26 Å². The minimum atomic E-state index is -1.10. The van der Waals surface area contributed by atoms with Crippen molar-refractivity contribution in [1.29, 1.82) is 5.26 Å². The first-order chi connectivity index (χ1) is 16.9. The largest absolute Gasteiger partial charge is 0.379 e. The van der Waals surface area contributed by atoms with E-state index in [1.165, 1.54) is 0 Å². The van der Waals surface area contributed by atoms with Crippen LogP contribution in [0.5, 0.6) is 0 Å². The summed E-state index contributed by atoms with van der Waals surface area (Å²) in [4.78, 5) is 22.2. The number of benzene rings is 1. The topological polar surface area (TPSA) is 122 Å². The summed E-state index contributed by atoms with van der Waals surface area (Å²) in [5.74, 6) is 0.518. The van der Waals surface area contributed by atoms with Gasteiger partial charge in [-0.3, -0.25) is 10.2 Å². The Morgan fingerprint density at radius 2 is 1.91 bits per heavy atom. The van der Waals surface area contributed by atoms with E-state index in [0.717, 1.165) is 11.1 Å². The van der Waals surface area contributed by atoms with E-state index < -0.39 is 17.6 Å². The van der Waals surface area contributed by atoms with E-state index in [4.69, 9.17) is 25.8 Å². The third-order valence-electron chi connectivity index (χ3n) is 6.01. The molecule has 3 heterocycles. The number of carbonyl (C=O) groups is 1. The minimum absolute atomic E-state index is 0.207. The van der Waals surface area contributed by atoms with Gasteiger partial charge >= 0.3 is 0 Å². The fourth-order valence-corrected chi connectivity index (χ4v) is 4.42. The summed E-state index contributed by atoms with van der Waals surface area (Å²) in [5.41, 5.74) is 6.12. The monoisotopic (exact) mass is 500 g/mol. The van der Waals surface area contributed by atoms with E-state index in [-0.39, 0.29) is 6.04 Å². The lowest BCUT2D eigenvalue weighted by Gasteiger charge is -2.28. The second-order valence-corrected chi connectivity index (χ2v) is 8.86. The lowest BCUT2D eigenvalue weighted by Crippen LogP contribution is -2.49. The summed E-state index contributed by atoms with van der Waals surface area (Å²) in [5, 5.41) is 13.5. The number of anilines is 1. The predicted molar refractivity (Wildman–Crippen MR) is 128 cm³/mol. The van der Waals surface area contributed by atoms with Gasteiger partial charge in [0.2, 0.25) is 0 Å². The molecule has 2 atom stereocenters. The highest BCUT2D eigenvalue weighted by molar-refractivity contribution is 6.30. The van der Waals surface area contributed by atoms with Crippen LogP contribution >= 0.6 is 11.6 Å². The Kier molecular flexibility index (Phi) is 8.15. The van der Waals surface area contributed by atoms with E-state index in [0.29, 0.717) is 68.0 Å². The number of ether oxygens (including phenoxy) is 3. The zero-order valence-corrected chi connectivity index (χ0v) is 20.8. The van der Waals surface area contributed by atoms with Crippen molar-refractivity contribution in [2.75, 3.05) is 44.8 Å². The number of nitrogens with one attached hydrogen (secondary N) is 2. The van der Waals surface area contributed by atoms with Crippen LogP contribution in [0.15, 0.2) is 18.2 Å². The molecule has 1 aromatic heterocycles. The van der Waals surface area contributed by atoms with Crippen molar-refractivity contribution in [1.82, 2.24) is 20.4 Å². The molecule has 1 amide bonds. The van der Waals surface area contributed by atoms with Crippen LogP contribution in [0.2, 0.25) is 0 Å². The Morgan fingerprint density at radius 3 is 2.60 bits per heavy atom. The maximum absolute atomic E-state index is 13.0. The first kappa shape index (κ1) is 25.3. The van der Waals surface area contributed by atoms with Gasteiger partial charge in [0, 0.05) is 13.1 Å². The Hall–Kier alpha value is -2.81. The molecule has 2 aliphatic heterocycles. The molecule has 0 saturated carbocycles. The van der Waals surface area contributed by atoms with Gasteiger partial charge in [0.05, 0.1) is 55.4 Å². The van der Waals surface area contributed by atoms with Crippen LogP contribution < -0.4 is 10.7 Å². The van der Waals surface area contributed by atoms with Gasteiger partial charge in [-0.25, -0.2) is 15.0 Å². The number of nitriles is 1. The van der Waals surface area contributed by atoms with Crippen molar-refractivity contribution in [3.63, 3.8) is 0 Å². The molecule has 2 aromatic rings. The number of hydrogen-bond donors (Lipinski definition) is 2. The second kappa shape index (κ2) is 11.3. The number of aryl methyl sites for hydroxylation is 1. The van der Waals surface area contributed by atoms with Crippen LogP contribution in [0.25, 0.3) is 0 Å². The molecule has 186 valence electrons. The lowest BCUT2D eigenvalue weighted by molar-refractivity contribution is -0.127. The highest BCUT2D eigenvalue weighted by atomic mass is 35.5. The number of nitrogens with zero attached hydrogens (tertiary/aromatic N) is 4. The normalized spacial score (nSPS) is 18.6. The summed E-state index contributed by atoms with van der Waals surface area (Å²) in [6.07, 6.45) is -0.760. The van der Waals surface area contributed by atoms with Gasteiger partial charge in [-0.1, -0.05) is 12.1 Å².